The summed E-state index contributed by atoms with van der Waals surface area (Å²) in [5.41, 5.74) is 3.06. The molecule has 2 aromatic rings. The highest BCUT2D eigenvalue weighted by Gasteiger charge is 2.04. The topological polar surface area (TPSA) is 37.8 Å². The van der Waals surface area contributed by atoms with Crippen molar-refractivity contribution in [2.75, 3.05) is 5.32 Å². The van der Waals surface area contributed by atoms with Gasteiger partial charge in [-0.25, -0.2) is 9.97 Å². The van der Waals surface area contributed by atoms with Crippen LogP contribution in [0.25, 0.3) is 5.57 Å². The van der Waals surface area contributed by atoms with Crippen molar-refractivity contribution in [3.8, 4) is 0 Å². The summed E-state index contributed by atoms with van der Waals surface area (Å²) in [5, 5.41) is 6.07. The Morgan fingerprint density at radius 1 is 1.39 bits per heavy atom. The maximum atomic E-state index is 4.51. The predicted molar refractivity (Wildman–Crippen MR) is 78.2 cm³/mol. The van der Waals surface area contributed by atoms with Gasteiger partial charge in [-0.2, -0.15) is 0 Å². The van der Waals surface area contributed by atoms with E-state index in [0.29, 0.717) is 0 Å². The number of pyridine rings is 1. The molecule has 2 rings (SSSR count). The van der Waals surface area contributed by atoms with Crippen molar-refractivity contribution < 1.29 is 0 Å². The Morgan fingerprint density at radius 3 is 2.94 bits per heavy atom. The molecule has 18 heavy (non-hydrogen) atoms. The fourth-order valence-corrected chi connectivity index (χ4v) is 2.27. The maximum absolute atomic E-state index is 4.51. The summed E-state index contributed by atoms with van der Waals surface area (Å²) < 4.78 is 0. The SMILES string of the molecule is C=C/C=C(\C)c1csc(Nc2cccc(C)n2)n1. The van der Waals surface area contributed by atoms with E-state index >= 15 is 0 Å². The van der Waals surface area contributed by atoms with Gasteiger partial charge in [0.1, 0.15) is 5.82 Å². The highest BCUT2D eigenvalue weighted by atomic mass is 32.1. The lowest BCUT2D eigenvalue weighted by Gasteiger charge is -2.01. The predicted octanol–water partition coefficient (Wildman–Crippen LogP) is 4.18. The van der Waals surface area contributed by atoms with Gasteiger partial charge in [0.05, 0.1) is 5.69 Å². The highest BCUT2D eigenvalue weighted by Crippen LogP contribution is 2.23. The van der Waals surface area contributed by atoms with E-state index in [9.17, 15) is 0 Å². The zero-order chi connectivity index (χ0) is 13.0. The standard InChI is InChI=1S/C14H15N3S/c1-4-6-10(2)12-9-18-14(16-12)17-13-8-5-7-11(3)15-13/h4-9H,1H2,2-3H3,(H,15,16,17)/b10-6+. The highest BCUT2D eigenvalue weighted by molar-refractivity contribution is 7.13. The van der Waals surface area contributed by atoms with Gasteiger partial charge in [0.25, 0.3) is 0 Å². The van der Waals surface area contributed by atoms with Crippen molar-refractivity contribution >= 4 is 27.9 Å². The molecule has 2 heterocycles. The van der Waals surface area contributed by atoms with Crippen LogP contribution in [0.5, 0.6) is 0 Å². The maximum Gasteiger partial charge on any atom is 0.188 e. The molecule has 0 spiro atoms. The lowest BCUT2D eigenvalue weighted by molar-refractivity contribution is 1.19. The van der Waals surface area contributed by atoms with E-state index in [-0.39, 0.29) is 0 Å². The number of anilines is 2. The van der Waals surface area contributed by atoms with Crippen LogP contribution in [0.15, 0.2) is 42.3 Å². The molecule has 3 nitrogen and oxygen atoms in total. The number of aromatic nitrogens is 2. The van der Waals surface area contributed by atoms with Crippen molar-refractivity contribution in [3.63, 3.8) is 0 Å². The molecule has 0 saturated heterocycles. The van der Waals surface area contributed by atoms with Crippen LogP contribution in [0.4, 0.5) is 10.9 Å². The molecule has 0 fully saturated rings. The first-order chi connectivity index (χ1) is 8.69. The van der Waals surface area contributed by atoms with Gasteiger partial charge in [0.15, 0.2) is 5.13 Å². The van der Waals surface area contributed by atoms with E-state index in [1.807, 2.05) is 43.5 Å². The molecule has 92 valence electrons. The number of hydrogen-bond acceptors (Lipinski definition) is 4. The minimum Gasteiger partial charge on any atom is -0.316 e. The Morgan fingerprint density at radius 2 is 2.22 bits per heavy atom. The molecule has 0 amide bonds. The number of hydrogen-bond donors (Lipinski definition) is 1. The van der Waals surface area contributed by atoms with Crippen LogP contribution >= 0.6 is 11.3 Å². The molecule has 0 aromatic carbocycles. The number of allylic oxidation sites excluding steroid dienone is 3. The monoisotopic (exact) mass is 257 g/mol. The lowest BCUT2D eigenvalue weighted by Crippen LogP contribution is -1.94. The fourth-order valence-electron chi connectivity index (χ4n) is 1.50. The number of thiazole rings is 1. The van der Waals surface area contributed by atoms with Crippen LogP contribution in [0.3, 0.4) is 0 Å². The summed E-state index contributed by atoms with van der Waals surface area (Å²) in [6.07, 6.45) is 3.72. The summed E-state index contributed by atoms with van der Waals surface area (Å²) in [6.45, 7) is 7.67. The van der Waals surface area contributed by atoms with Crippen molar-refractivity contribution in [2.45, 2.75) is 13.8 Å². The zero-order valence-electron chi connectivity index (χ0n) is 10.5. The fraction of sp³-hybridized carbons (Fsp3) is 0.143. The third-order valence-electron chi connectivity index (χ3n) is 2.40. The minimum absolute atomic E-state index is 0.821. The van der Waals surface area contributed by atoms with Gasteiger partial charge in [-0.05, 0) is 31.6 Å². The molecular formula is C14H15N3S. The van der Waals surface area contributed by atoms with E-state index in [0.717, 1.165) is 27.9 Å². The van der Waals surface area contributed by atoms with Crippen molar-refractivity contribution in [1.29, 1.82) is 0 Å². The molecule has 0 atom stereocenters. The minimum atomic E-state index is 0.821. The van der Waals surface area contributed by atoms with Crippen molar-refractivity contribution in [1.82, 2.24) is 9.97 Å². The molecular weight excluding hydrogens is 242 g/mol. The summed E-state index contributed by atoms with van der Waals surface area (Å²) in [5.74, 6) is 0.821. The Kier molecular flexibility index (Phi) is 3.89. The number of rotatable bonds is 4. The number of nitrogens with one attached hydrogen (secondary N) is 1. The Hall–Kier alpha value is -1.94. The van der Waals surface area contributed by atoms with Gasteiger partial charge >= 0.3 is 0 Å². The molecule has 1 N–H and O–H groups in total. The lowest BCUT2D eigenvalue weighted by atomic mass is 10.2. The van der Waals surface area contributed by atoms with Crippen LogP contribution in [-0.2, 0) is 0 Å². The first-order valence-electron chi connectivity index (χ1n) is 5.65. The van der Waals surface area contributed by atoms with Gasteiger partial charge in [-0.1, -0.05) is 24.8 Å². The Labute approximate surface area is 111 Å². The first-order valence-corrected chi connectivity index (χ1v) is 6.53. The van der Waals surface area contributed by atoms with Gasteiger partial charge in [0.2, 0.25) is 0 Å². The molecule has 0 aliphatic rings. The molecule has 4 heteroatoms. The summed E-state index contributed by atoms with van der Waals surface area (Å²) in [6, 6.07) is 5.87. The van der Waals surface area contributed by atoms with Crippen LogP contribution in [0.2, 0.25) is 0 Å². The van der Waals surface area contributed by atoms with Gasteiger partial charge in [-0.3, -0.25) is 0 Å². The molecule has 0 radical (unpaired) electrons. The normalized spacial score (nSPS) is 11.3. The van der Waals surface area contributed by atoms with Crippen LogP contribution in [0.1, 0.15) is 18.3 Å². The Balaban J connectivity index is 2.16. The summed E-state index contributed by atoms with van der Waals surface area (Å²) in [7, 11) is 0. The van der Waals surface area contributed by atoms with E-state index in [1.165, 1.54) is 0 Å². The molecule has 0 aliphatic heterocycles. The van der Waals surface area contributed by atoms with E-state index in [2.05, 4.69) is 21.9 Å². The summed E-state index contributed by atoms with van der Waals surface area (Å²) >= 11 is 1.57. The van der Waals surface area contributed by atoms with Gasteiger partial charge < -0.3 is 5.32 Å². The van der Waals surface area contributed by atoms with Crippen molar-refractivity contribution in [3.05, 3.63) is 53.7 Å². The molecule has 0 unspecified atom stereocenters. The first kappa shape index (κ1) is 12.5. The van der Waals surface area contributed by atoms with Gasteiger partial charge in [0, 0.05) is 11.1 Å². The smallest absolute Gasteiger partial charge is 0.188 e. The number of nitrogens with zero attached hydrogens (tertiary/aromatic N) is 2. The average Bonchev–Trinajstić information content (AvgIpc) is 2.78. The average molecular weight is 257 g/mol. The zero-order valence-corrected chi connectivity index (χ0v) is 11.3. The van der Waals surface area contributed by atoms with Crippen LogP contribution in [-0.4, -0.2) is 9.97 Å². The Bertz CT molecular complexity index is 584. The molecule has 0 bridgehead atoms. The molecule has 2 aromatic heterocycles. The van der Waals surface area contributed by atoms with E-state index in [4.69, 9.17) is 0 Å². The second-order valence-corrected chi connectivity index (χ2v) is 4.77. The van der Waals surface area contributed by atoms with E-state index < -0.39 is 0 Å². The third kappa shape index (κ3) is 3.05. The second kappa shape index (κ2) is 5.60. The van der Waals surface area contributed by atoms with Crippen molar-refractivity contribution in [2.24, 2.45) is 0 Å². The molecule has 0 aliphatic carbocycles. The second-order valence-electron chi connectivity index (χ2n) is 3.91. The number of aryl methyl sites for hydroxylation is 1. The quantitative estimate of drug-likeness (QED) is 0.835. The van der Waals surface area contributed by atoms with Crippen LogP contribution < -0.4 is 5.32 Å². The molecule has 0 saturated carbocycles. The summed E-state index contributed by atoms with van der Waals surface area (Å²) in [4.78, 5) is 8.89. The largest absolute Gasteiger partial charge is 0.316 e. The van der Waals surface area contributed by atoms with E-state index in [1.54, 1.807) is 17.4 Å². The van der Waals surface area contributed by atoms with Crippen LogP contribution in [0, 0.1) is 6.92 Å². The van der Waals surface area contributed by atoms with Gasteiger partial charge in [-0.15, -0.1) is 11.3 Å². The third-order valence-corrected chi connectivity index (χ3v) is 3.16.